The number of carbonyl (C=O) groups is 4. The molecule has 8 nitrogen and oxygen atoms in total. The van der Waals surface area contributed by atoms with Crippen molar-refractivity contribution in [3.8, 4) is 5.75 Å². The average Bonchev–Trinajstić information content (AvgIpc) is 2.63. The van der Waals surface area contributed by atoms with Crippen molar-refractivity contribution in [2.45, 2.75) is 13.8 Å². The molecule has 4 amide bonds. The number of benzene rings is 2. The Balaban J connectivity index is 2.01. The molecule has 148 valence electrons. The first-order chi connectivity index (χ1) is 13.8. The Labute approximate surface area is 166 Å². The van der Waals surface area contributed by atoms with E-state index in [0.29, 0.717) is 11.3 Å². The summed E-state index contributed by atoms with van der Waals surface area (Å²) >= 11 is 0. The molecule has 8 heteroatoms. The van der Waals surface area contributed by atoms with Gasteiger partial charge >= 0.3 is 6.03 Å². The molecule has 1 heterocycles. The molecule has 0 bridgehead atoms. The maximum Gasteiger partial charge on any atom is 0.335 e. The zero-order valence-corrected chi connectivity index (χ0v) is 15.7. The van der Waals surface area contributed by atoms with E-state index < -0.39 is 30.4 Å². The first-order valence-corrected chi connectivity index (χ1v) is 8.67. The van der Waals surface area contributed by atoms with Gasteiger partial charge in [-0.2, -0.15) is 0 Å². The number of amides is 4. The molecule has 0 aliphatic carbocycles. The van der Waals surface area contributed by atoms with Gasteiger partial charge in [-0.15, -0.1) is 0 Å². The molecule has 2 aromatic carbocycles. The van der Waals surface area contributed by atoms with Gasteiger partial charge in [-0.25, -0.2) is 9.69 Å². The van der Waals surface area contributed by atoms with E-state index in [1.54, 1.807) is 30.3 Å². The van der Waals surface area contributed by atoms with E-state index in [4.69, 9.17) is 4.74 Å². The smallest absolute Gasteiger partial charge is 0.335 e. The number of aryl methyl sites for hydroxylation is 2. The number of hydrogen-bond donors (Lipinski definition) is 1. The molecule has 3 rings (SSSR count). The Kier molecular flexibility index (Phi) is 5.45. The minimum absolute atomic E-state index is 0.152. The van der Waals surface area contributed by atoms with Crippen molar-refractivity contribution >= 4 is 35.6 Å². The number of nitrogens with zero attached hydrogens (tertiary/aromatic N) is 1. The highest BCUT2D eigenvalue weighted by atomic mass is 16.5. The number of rotatable bonds is 5. The van der Waals surface area contributed by atoms with Gasteiger partial charge in [-0.3, -0.25) is 14.9 Å². The van der Waals surface area contributed by atoms with Gasteiger partial charge in [0.15, 0.2) is 0 Å². The first-order valence-electron chi connectivity index (χ1n) is 8.67. The number of barbiturate groups is 1. The van der Waals surface area contributed by atoms with Crippen LogP contribution in [0.2, 0.25) is 0 Å². The second-order valence-electron chi connectivity index (χ2n) is 6.50. The van der Waals surface area contributed by atoms with E-state index in [1.165, 1.54) is 12.1 Å². The molecule has 1 saturated heterocycles. The fraction of sp³-hybridized carbons (Fsp3) is 0.143. The summed E-state index contributed by atoms with van der Waals surface area (Å²) in [5.41, 5.74) is 2.06. The lowest BCUT2D eigenvalue weighted by molar-refractivity contribution is -0.307. The maximum atomic E-state index is 13.0. The third kappa shape index (κ3) is 4.32. The topological polar surface area (TPSA) is 116 Å². The van der Waals surface area contributed by atoms with Crippen LogP contribution in [0.3, 0.4) is 0 Å². The van der Waals surface area contributed by atoms with E-state index in [0.717, 1.165) is 16.0 Å². The highest BCUT2D eigenvalue weighted by molar-refractivity contribution is 6.39. The predicted molar refractivity (Wildman–Crippen MR) is 102 cm³/mol. The fourth-order valence-electron chi connectivity index (χ4n) is 3.00. The number of aliphatic carboxylic acids is 1. The van der Waals surface area contributed by atoms with E-state index in [2.05, 4.69) is 5.32 Å². The molecule has 0 unspecified atom stereocenters. The molecule has 0 radical (unpaired) electrons. The second-order valence-corrected chi connectivity index (χ2v) is 6.50. The summed E-state index contributed by atoms with van der Waals surface area (Å²) in [4.78, 5) is 49.2. The van der Waals surface area contributed by atoms with Crippen LogP contribution < -0.4 is 20.1 Å². The van der Waals surface area contributed by atoms with Crippen molar-refractivity contribution in [1.82, 2.24) is 5.32 Å². The minimum Gasteiger partial charge on any atom is -0.546 e. The highest BCUT2D eigenvalue weighted by Gasteiger charge is 2.37. The molecule has 2 aromatic rings. The zero-order valence-electron chi connectivity index (χ0n) is 15.7. The predicted octanol–water partition coefficient (Wildman–Crippen LogP) is 1.10. The molecule has 0 spiro atoms. The monoisotopic (exact) mass is 393 g/mol. The van der Waals surface area contributed by atoms with Crippen LogP contribution in [0.25, 0.3) is 6.08 Å². The van der Waals surface area contributed by atoms with Gasteiger partial charge in [0.1, 0.15) is 17.9 Å². The Hall–Kier alpha value is -3.94. The van der Waals surface area contributed by atoms with Crippen molar-refractivity contribution in [3.63, 3.8) is 0 Å². The van der Waals surface area contributed by atoms with Crippen LogP contribution in [0.5, 0.6) is 5.75 Å². The molecule has 1 N–H and O–H groups in total. The lowest BCUT2D eigenvalue weighted by Crippen LogP contribution is -2.54. The summed E-state index contributed by atoms with van der Waals surface area (Å²) in [6.07, 6.45) is 1.25. The lowest BCUT2D eigenvalue weighted by atomic mass is 10.0. The summed E-state index contributed by atoms with van der Waals surface area (Å²) < 4.78 is 5.14. The van der Waals surface area contributed by atoms with Crippen LogP contribution >= 0.6 is 0 Å². The van der Waals surface area contributed by atoms with Crippen LogP contribution in [-0.4, -0.2) is 30.4 Å². The summed E-state index contributed by atoms with van der Waals surface area (Å²) in [6.45, 7) is 2.97. The van der Waals surface area contributed by atoms with Crippen LogP contribution in [0, 0.1) is 13.8 Å². The number of carboxylic acids is 1. The molecule has 0 atom stereocenters. The summed E-state index contributed by atoms with van der Waals surface area (Å²) in [5.74, 6) is -2.90. The Morgan fingerprint density at radius 1 is 1.10 bits per heavy atom. The van der Waals surface area contributed by atoms with Gasteiger partial charge in [-0.1, -0.05) is 24.3 Å². The molecular formula is C21H17N2O6-. The van der Waals surface area contributed by atoms with Crippen molar-refractivity contribution in [1.29, 1.82) is 0 Å². The third-order valence-corrected chi connectivity index (χ3v) is 4.13. The molecule has 29 heavy (non-hydrogen) atoms. The van der Waals surface area contributed by atoms with Gasteiger partial charge < -0.3 is 14.6 Å². The summed E-state index contributed by atoms with van der Waals surface area (Å²) in [6, 6.07) is 10.7. The molecule has 0 saturated carbocycles. The number of para-hydroxylation sites is 1. The third-order valence-electron chi connectivity index (χ3n) is 4.13. The average molecular weight is 393 g/mol. The lowest BCUT2D eigenvalue weighted by Gasteiger charge is -2.27. The quantitative estimate of drug-likeness (QED) is 0.601. The van der Waals surface area contributed by atoms with Crippen LogP contribution in [0.4, 0.5) is 10.5 Å². The number of ether oxygens (including phenoxy) is 1. The number of carboxylic acid groups (broad SMARTS) is 1. The van der Waals surface area contributed by atoms with Crippen molar-refractivity contribution in [3.05, 3.63) is 64.7 Å². The second kappa shape index (κ2) is 7.97. The number of nitrogens with one attached hydrogen (secondary N) is 1. The van der Waals surface area contributed by atoms with Crippen LogP contribution in [0.15, 0.2) is 48.0 Å². The summed E-state index contributed by atoms with van der Waals surface area (Å²) in [7, 11) is 0. The molecule has 1 aliphatic rings. The van der Waals surface area contributed by atoms with Crippen molar-refractivity contribution in [2.75, 3.05) is 11.5 Å². The number of urea groups is 1. The molecular weight excluding hydrogens is 376 g/mol. The largest absolute Gasteiger partial charge is 0.546 e. The van der Waals surface area contributed by atoms with Gasteiger partial charge in [0.05, 0.1) is 11.7 Å². The maximum absolute atomic E-state index is 13.0. The van der Waals surface area contributed by atoms with E-state index >= 15 is 0 Å². The fourth-order valence-corrected chi connectivity index (χ4v) is 3.00. The number of carbonyl (C=O) groups excluding carboxylic acids is 4. The Bertz CT molecular complexity index is 1040. The normalized spacial score (nSPS) is 15.4. The highest BCUT2D eigenvalue weighted by Crippen LogP contribution is 2.26. The Morgan fingerprint density at radius 2 is 1.76 bits per heavy atom. The van der Waals surface area contributed by atoms with Gasteiger partial charge in [-0.05, 0) is 49.2 Å². The standard InChI is InChI=1S/C21H18N2O6/c1-12-7-13(2)9-15(8-12)23-20(27)16(19(26)22-21(23)28)10-14-5-3-4-6-17(14)29-11-18(24)25/h3-10H,11H2,1-2H3,(H,24,25)(H,22,26,28)/p-1/b16-10+. The van der Waals surface area contributed by atoms with Crippen molar-refractivity contribution < 1.29 is 29.0 Å². The SMILES string of the molecule is Cc1cc(C)cc(N2C(=O)NC(=O)/C(=C\c3ccccc3OCC(=O)[O-])C2=O)c1. The first kappa shape index (κ1) is 19.8. The van der Waals surface area contributed by atoms with Crippen molar-refractivity contribution in [2.24, 2.45) is 0 Å². The van der Waals surface area contributed by atoms with Gasteiger partial charge in [0.2, 0.25) is 0 Å². The van der Waals surface area contributed by atoms with E-state index in [9.17, 15) is 24.3 Å². The minimum atomic E-state index is -1.41. The molecule has 1 fully saturated rings. The van der Waals surface area contributed by atoms with Gasteiger partial charge in [0.25, 0.3) is 11.8 Å². The number of anilines is 1. The molecule has 1 aliphatic heterocycles. The van der Waals surface area contributed by atoms with Crippen LogP contribution in [-0.2, 0) is 14.4 Å². The molecule has 0 aromatic heterocycles. The summed E-state index contributed by atoms with van der Waals surface area (Å²) in [5, 5.41) is 12.8. The number of imide groups is 2. The Morgan fingerprint density at radius 3 is 2.41 bits per heavy atom. The van der Waals surface area contributed by atoms with E-state index in [-0.39, 0.29) is 11.3 Å². The van der Waals surface area contributed by atoms with Crippen LogP contribution in [0.1, 0.15) is 16.7 Å². The number of hydrogen-bond acceptors (Lipinski definition) is 6. The zero-order chi connectivity index (χ0) is 21.1. The van der Waals surface area contributed by atoms with E-state index in [1.807, 2.05) is 19.9 Å². The van der Waals surface area contributed by atoms with Gasteiger partial charge in [0, 0.05) is 5.56 Å².